The first-order valence-corrected chi connectivity index (χ1v) is 6.75. The highest BCUT2D eigenvalue weighted by molar-refractivity contribution is 9.10. The van der Waals surface area contributed by atoms with Gasteiger partial charge in [-0.1, -0.05) is 0 Å². The maximum absolute atomic E-state index is 5.40. The number of hydrogen-bond donors (Lipinski definition) is 1. The smallest absolute Gasteiger partial charge is 0.231 e. The summed E-state index contributed by atoms with van der Waals surface area (Å²) in [6.07, 6.45) is 0. The number of imidazole rings is 1. The monoisotopic (exact) mass is 323 g/mol. The molecular formula is C13H14BrN3O2. The van der Waals surface area contributed by atoms with E-state index in [-0.39, 0.29) is 6.79 Å². The number of nitrogens with zero attached hydrogens (tertiary/aromatic N) is 2. The Morgan fingerprint density at radius 1 is 1.37 bits per heavy atom. The highest BCUT2D eigenvalue weighted by Gasteiger charge is 2.18. The number of benzene rings is 1. The molecule has 5 nitrogen and oxygen atoms in total. The topological polar surface area (TPSA) is 48.3 Å². The Hall–Kier alpha value is -1.53. The highest BCUT2D eigenvalue weighted by atomic mass is 79.9. The molecule has 3 rings (SSSR count). The van der Waals surface area contributed by atoms with Gasteiger partial charge >= 0.3 is 0 Å². The molecule has 1 aromatic carbocycles. The van der Waals surface area contributed by atoms with Gasteiger partial charge in [0.2, 0.25) is 6.79 Å². The lowest BCUT2D eigenvalue weighted by atomic mass is 10.2. The Morgan fingerprint density at radius 3 is 2.95 bits per heavy atom. The summed E-state index contributed by atoms with van der Waals surface area (Å²) in [5.41, 5.74) is 2.12. The molecule has 0 aliphatic carbocycles. The number of nitrogens with one attached hydrogen (secondary N) is 1. The third-order valence-corrected chi connectivity index (χ3v) is 3.77. The zero-order chi connectivity index (χ0) is 13.4. The van der Waals surface area contributed by atoms with Crippen molar-refractivity contribution in [2.75, 3.05) is 13.8 Å². The molecule has 1 N–H and O–H groups in total. The van der Waals surface area contributed by atoms with Crippen molar-refractivity contribution in [3.05, 3.63) is 28.5 Å². The van der Waals surface area contributed by atoms with Gasteiger partial charge in [-0.2, -0.15) is 0 Å². The van der Waals surface area contributed by atoms with Crippen LogP contribution in [-0.2, 0) is 13.6 Å². The Kier molecular flexibility index (Phi) is 3.20. The van der Waals surface area contributed by atoms with Gasteiger partial charge in [0, 0.05) is 19.2 Å². The van der Waals surface area contributed by atoms with Crippen LogP contribution in [0.1, 0.15) is 5.69 Å². The lowest BCUT2D eigenvalue weighted by molar-refractivity contribution is 0.174. The minimum atomic E-state index is 0.286. The van der Waals surface area contributed by atoms with E-state index in [1.54, 1.807) is 0 Å². The highest BCUT2D eigenvalue weighted by Crippen LogP contribution is 2.36. The van der Waals surface area contributed by atoms with Gasteiger partial charge in [-0.3, -0.25) is 0 Å². The Bertz CT molecular complexity index is 625. The van der Waals surface area contributed by atoms with Crippen LogP contribution in [0.25, 0.3) is 11.4 Å². The van der Waals surface area contributed by atoms with Crippen LogP contribution in [0.15, 0.2) is 22.8 Å². The van der Waals surface area contributed by atoms with Gasteiger partial charge in [0.15, 0.2) is 11.5 Å². The standard InChI is InChI=1S/C13H14BrN3O2/c1-15-6-9-12(14)16-13(17(9)2)8-3-4-10-11(5-8)19-7-18-10/h3-5,15H,6-7H2,1-2H3. The number of fused-ring (bicyclic) bond motifs is 1. The summed E-state index contributed by atoms with van der Waals surface area (Å²) < 4.78 is 13.6. The zero-order valence-corrected chi connectivity index (χ0v) is 12.3. The molecule has 0 amide bonds. The second-order valence-electron chi connectivity index (χ2n) is 4.33. The van der Waals surface area contributed by atoms with Crippen molar-refractivity contribution in [1.82, 2.24) is 14.9 Å². The fourth-order valence-electron chi connectivity index (χ4n) is 2.15. The van der Waals surface area contributed by atoms with Crippen molar-refractivity contribution < 1.29 is 9.47 Å². The molecule has 1 aliphatic heterocycles. The van der Waals surface area contributed by atoms with E-state index in [0.717, 1.165) is 39.7 Å². The van der Waals surface area contributed by atoms with Gasteiger partial charge in [0.1, 0.15) is 10.4 Å². The lowest BCUT2D eigenvalue weighted by Gasteiger charge is -2.06. The van der Waals surface area contributed by atoms with Crippen LogP contribution in [0.4, 0.5) is 0 Å². The molecule has 0 fully saturated rings. The minimum Gasteiger partial charge on any atom is -0.454 e. The molecule has 100 valence electrons. The van der Waals surface area contributed by atoms with E-state index in [2.05, 4.69) is 30.8 Å². The Morgan fingerprint density at radius 2 is 2.16 bits per heavy atom. The summed E-state index contributed by atoms with van der Waals surface area (Å²) in [6, 6.07) is 5.86. The first kappa shape index (κ1) is 12.5. The van der Waals surface area contributed by atoms with Crippen molar-refractivity contribution in [1.29, 1.82) is 0 Å². The molecule has 0 saturated heterocycles. The van der Waals surface area contributed by atoms with Crippen LogP contribution in [0, 0.1) is 0 Å². The first-order chi connectivity index (χ1) is 9.20. The molecule has 0 atom stereocenters. The summed E-state index contributed by atoms with van der Waals surface area (Å²) in [5, 5.41) is 3.14. The van der Waals surface area contributed by atoms with Gasteiger partial charge in [-0.05, 0) is 41.2 Å². The largest absolute Gasteiger partial charge is 0.454 e. The Labute approximate surface area is 119 Å². The van der Waals surface area contributed by atoms with Crippen LogP contribution in [0.5, 0.6) is 11.5 Å². The van der Waals surface area contributed by atoms with Crippen molar-refractivity contribution in [3.63, 3.8) is 0 Å². The maximum Gasteiger partial charge on any atom is 0.231 e. The van der Waals surface area contributed by atoms with E-state index in [4.69, 9.17) is 9.47 Å². The number of aromatic nitrogens is 2. The van der Waals surface area contributed by atoms with Gasteiger partial charge in [-0.15, -0.1) is 0 Å². The molecule has 1 aliphatic rings. The van der Waals surface area contributed by atoms with Crippen LogP contribution >= 0.6 is 15.9 Å². The maximum atomic E-state index is 5.40. The van der Waals surface area contributed by atoms with E-state index >= 15 is 0 Å². The average Bonchev–Trinajstić information content (AvgIpc) is 2.97. The van der Waals surface area contributed by atoms with E-state index in [1.165, 1.54) is 0 Å². The van der Waals surface area contributed by atoms with Crippen LogP contribution < -0.4 is 14.8 Å². The molecule has 2 heterocycles. The van der Waals surface area contributed by atoms with Crippen molar-refractivity contribution in [3.8, 4) is 22.9 Å². The molecular weight excluding hydrogens is 310 g/mol. The van der Waals surface area contributed by atoms with Crippen molar-refractivity contribution in [2.45, 2.75) is 6.54 Å². The van der Waals surface area contributed by atoms with E-state index < -0.39 is 0 Å². The molecule has 2 aromatic rings. The molecule has 6 heteroatoms. The van der Waals surface area contributed by atoms with Gasteiger partial charge < -0.3 is 19.4 Å². The molecule has 0 unspecified atom stereocenters. The van der Waals surface area contributed by atoms with Crippen molar-refractivity contribution in [2.24, 2.45) is 7.05 Å². The van der Waals surface area contributed by atoms with E-state index in [9.17, 15) is 0 Å². The van der Waals surface area contributed by atoms with Crippen LogP contribution in [0.3, 0.4) is 0 Å². The van der Waals surface area contributed by atoms with Crippen LogP contribution in [0.2, 0.25) is 0 Å². The first-order valence-electron chi connectivity index (χ1n) is 5.96. The molecule has 1 aromatic heterocycles. The summed E-state index contributed by atoms with van der Waals surface area (Å²) >= 11 is 3.50. The Balaban J connectivity index is 2.05. The average molecular weight is 324 g/mol. The SMILES string of the molecule is CNCc1c(Br)nc(-c2ccc3c(c2)OCO3)n1C. The van der Waals surface area contributed by atoms with Crippen LogP contribution in [-0.4, -0.2) is 23.4 Å². The third kappa shape index (κ3) is 2.11. The number of halogens is 1. The molecule has 0 radical (unpaired) electrons. The number of ether oxygens (including phenoxy) is 2. The predicted octanol–water partition coefficient (Wildman–Crippen LogP) is 2.30. The fraction of sp³-hybridized carbons (Fsp3) is 0.308. The summed E-state index contributed by atoms with van der Waals surface area (Å²) in [5.74, 6) is 2.45. The molecule has 0 saturated carbocycles. The third-order valence-electron chi connectivity index (χ3n) is 3.14. The van der Waals surface area contributed by atoms with Crippen molar-refractivity contribution >= 4 is 15.9 Å². The van der Waals surface area contributed by atoms with Gasteiger partial charge in [0.25, 0.3) is 0 Å². The second kappa shape index (κ2) is 4.86. The minimum absolute atomic E-state index is 0.286. The molecule has 0 spiro atoms. The fourth-order valence-corrected chi connectivity index (χ4v) is 2.73. The normalized spacial score (nSPS) is 13.0. The zero-order valence-electron chi connectivity index (χ0n) is 10.7. The number of hydrogen-bond acceptors (Lipinski definition) is 4. The predicted molar refractivity (Wildman–Crippen MR) is 75.2 cm³/mol. The molecule has 19 heavy (non-hydrogen) atoms. The summed E-state index contributed by atoms with van der Waals surface area (Å²) in [6.45, 7) is 1.04. The summed E-state index contributed by atoms with van der Waals surface area (Å²) in [4.78, 5) is 4.57. The van der Waals surface area contributed by atoms with E-state index in [1.807, 2.05) is 32.3 Å². The van der Waals surface area contributed by atoms with Gasteiger partial charge in [0.05, 0.1) is 5.69 Å². The molecule has 0 bridgehead atoms. The number of rotatable bonds is 3. The quantitative estimate of drug-likeness (QED) is 0.941. The van der Waals surface area contributed by atoms with Gasteiger partial charge in [-0.25, -0.2) is 4.98 Å². The lowest BCUT2D eigenvalue weighted by Crippen LogP contribution is -2.10. The van der Waals surface area contributed by atoms with E-state index in [0.29, 0.717) is 0 Å². The second-order valence-corrected chi connectivity index (χ2v) is 5.08. The summed E-state index contributed by atoms with van der Waals surface area (Å²) in [7, 11) is 3.92.